The van der Waals surface area contributed by atoms with Crippen LogP contribution in [0.4, 0.5) is 0 Å². The van der Waals surface area contributed by atoms with E-state index in [1.165, 1.54) is 41.8 Å². The molecule has 2 aliphatic heterocycles. The maximum atomic E-state index is 10.7. The Kier molecular flexibility index (Phi) is 10.2. The summed E-state index contributed by atoms with van der Waals surface area (Å²) in [5.74, 6) is -2.05. The number of aryl methyl sites for hydroxylation is 4. The topological polar surface area (TPSA) is 80.3 Å². The van der Waals surface area contributed by atoms with Crippen LogP contribution in [-0.2, 0) is 48.1 Å². The molecule has 4 aromatic rings. The van der Waals surface area contributed by atoms with E-state index in [0.717, 1.165) is 36.8 Å². The van der Waals surface area contributed by atoms with Gasteiger partial charge in [-0.2, -0.15) is 0 Å². The molecule has 6 rings (SSSR count). The second-order valence-corrected chi connectivity index (χ2v) is 11.6. The molecule has 4 nitrogen and oxygen atoms in total. The summed E-state index contributed by atoms with van der Waals surface area (Å²) in [6.07, 6.45) is 3.91. The van der Waals surface area contributed by atoms with Crippen LogP contribution in [0.1, 0.15) is 33.4 Å². The fourth-order valence-corrected chi connectivity index (χ4v) is 7.03. The van der Waals surface area contributed by atoms with Gasteiger partial charge in [-0.05, 0) is 83.3 Å². The maximum Gasteiger partial charge on any atom is 2.00 e. The third kappa shape index (κ3) is 7.69. The number of carboxylic acid groups (broad SMARTS) is 2. The van der Waals surface area contributed by atoms with Gasteiger partial charge in [-0.25, -0.2) is 0 Å². The molecule has 0 amide bonds. The van der Waals surface area contributed by atoms with Crippen LogP contribution in [0.2, 0.25) is 0 Å². The van der Waals surface area contributed by atoms with E-state index in [1.54, 1.807) is 23.5 Å². The minimum Gasteiger partial charge on any atom is -0.550 e. The van der Waals surface area contributed by atoms with Crippen LogP contribution >= 0.6 is 23.5 Å². The van der Waals surface area contributed by atoms with Crippen molar-refractivity contribution >= 4 is 58.5 Å². The molecule has 0 saturated heterocycles. The zero-order valence-corrected chi connectivity index (χ0v) is 24.5. The van der Waals surface area contributed by atoms with Gasteiger partial charge in [-0.3, -0.25) is 0 Å². The summed E-state index contributed by atoms with van der Waals surface area (Å²) in [6.45, 7) is 0. The zero-order valence-electron chi connectivity index (χ0n) is 21.5. The average Bonchev–Trinajstić information content (AvgIpc) is 3.20. The molecule has 2 heterocycles. The van der Waals surface area contributed by atoms with Gasteiger partial charge in [0.05, 0.1) is 0 Å². The maximum absolute atomic E-state index is 10.7. The molecular formula is C32H26MgO4S2. The summed E-state index contributed by atoms with van der Waals surface area (Å²) in [7, 11) is 0. The van der Waals surface area contributed by atoms with E-state index in [1.807, 2.05) is 36.4 Å². The summed E-state index contributed by atoms with van der Waals surface area (Å²) in [5.41, 5.74) is 6.85. The van der Waals surface area contributed by atoms with Crippen LogP contribution in [0, 0.1) is 0 Å². The van der Waals surface area contributed by atoms with Crippen molar-refractivity contribution in [3.05, 3.63) is 118 Å². The Labute approximate surface area is 253 Å². The van der Waals surface area contributed by atoms with Crippen molar-refractivity contribution < 1.29 is 19.8 Å². The minimum absolute atomic E-state index is 0. The van der Waals surface area contributed by atoms with Crippen molar-refractivity contribution in [1.29, 1.82) is 0 Å². The molecule has 39 heavy (non-hydrogen) atoms. The van der Waals surface area contributed by atoms with Crippen molar-refractivity contribution in [3.8, 4) is 0 Å². The Hall–Kier alpha value is -2.71. The second-order valence-electron chi connectivity index (χ2n) is 9.40. The molecule has 0 spiro atoms. The molecule has 2 aliphatic rings. The smallest absolute Gasteiger partial charge is 0.550 e. The Morgan fingerprint density at radius 1 is 0.538 bits per heavy atom. The molecule has 0 aliphatic carbocycles. The molecule has 0 saturated carbocycles. The number of rotatable bonds is 4. The predicted octanol–water partition coefficient (Wildman–Crippen LogP) is 4.08. The van der Waals surface area contributed by atoms with Gasteiger partial charge in [0.25, 0.3) is 0 Å². The Morgan fingerprint density at radius 3 is 1.31 bits per heavy atom. The number of carbonyl (C=O) groups excluding carboxylic acids is 2. The summed E-state index contributed by atoms with van der Waals surface area (Å²) in [5, 5.41) is 21.3. The first kappa shape index (κ1) is 29.3. The van der Waals surface area contributed by atoms with Crippen molar-refractivity contribution in [2.24, 2.45) is 0 Å². The van der Waals surface area contributed by atoms with Crippen LogP contribution in [-0.4, -0.2) is 35.0 Å². The molecule has 192 valence electrons. The Balaban J connectivity index is 0.000000176. The van der Waals surface area contributed by atoms with Crippen molar-refractivity contribution in [2.75, 3.05) is 0 Å². The van der Waals surface area contributed by atoms with Gasteiger partial charge in [0, 0.05) is 44.4 Å². The van der Waals surface area contributed by atoms with Gasteiger partial charge >= 0.3 is 23.1 Å². The van der Waals surface area contributed by atoms with Crippen molar-refractivity contribution in [1.82, 2.24) is 0 Å². The van der Waals surface area contributed by atoms with E-state index in [0.29, 0.717) is 0 Å². The van der Waals surface area contributed by atoms with Crippen LogP contribution in [0.5, 0.6) is 0 Å². The van der Waals surface area contributed by atoms with E-state index in [4.69, 9.17) is 0 Å². The largest absolute Gasteiger partial charge is 2.00 e. The van der Waals surface area contributed by atoms with E-state index in [-0.39, 0.29) is 35.9 Å². The molecule has 0 radical (unpaired) electrons. The quantitative estimate of drug-likeness (QED) is 0.349. The molecule has 0 bridgehead atoms. The average molecular weight is 563 g/mol. The fraction of sp³-hybridized carbons (Fsp3) is 0.188. The van der Waals surface area contributed by atoms with Crippen molar-refractivity contribution in [3.63, 3.8) is 0 Å². The third-order valence-corrected chi connectivity index (χ3v) is 9.13. The SMILES string of the molecule is O=C([O-])Cc1ccc2c(c1)CCc1ccccc1S2.O=C([O-])Cc1ccc2c(c1)CCc1ccccc1S2.[Mg+2]. The van der Waals surface area contributed by atoms with Crippen LogP contribution in [0.25, 0.3) is 0 Å². The van der Waals surface area contributed by atoms with Gasteiger partial charge in [0.2, 0.25) is 0 Å². The van der Waals surface area contributed by atoms with E-state index < -0.39 is 11.9 Å². The number of hydrogen-bond donors (Lipinski definition) is 0. The number of hydrogen-bond acceptors (Lipinski definition) is 6. The van der Waals surface area contributed by atoms with Crippen LogP contribution < -0.4 is 10.2 Å². The van der Waals surface area contributed by atoms with E-state index in [2.05, 4.69) is 48.5 Å². The first-order chi connectivity index (χ1) is 18.4. The van der Waals surface area contributed by atoms with E-state index >= 15 is 0 Å². The number of carbonyl (C=O) groups is 2. The summed E-state index contributed by atoms with van der Waals surface area (Å²) in [4.78, 5) is 26.4. The molecular weight excluding hydrogens is 537 g/mol. The second kappa shape index (κ2) is 13.6. The number of benzene rings is 4. The van der Waals surface area contributed by atoms with Crippen molar-refractivity contribution in [2.45, 2.75) is 58.1 Å². The van der Waals surface area contributed by atoms with Gasteiger partial charge in [0.15, 0.2) is 0 Å². The van der Waals surface area contributed by atoms with Crippen LogP contribution in [0.15, 0.2) is 105 Å². The first-order valence-corrected chi connectivity index (χ1v) is 14.2. The molecule has 0 unspecified atom stereocenters. The standard InChI is InChI=1S/2C16H14O2S.Mg/c2*17-16(18)10-11-5-8-15-13(9-11)7-6-12-3-1-2-4-14(12)19-15;/h2*1-5,8-9H,6-7,10H2,(H,17,18);/q;;+2/p-2. The number of fused-ring (bicyclic) bond motifs is 4. The summed E-state index contributed by atoms with van der Waals surface area (Å²) >= 11 is 3.54. The number of carboxylic acids is 2. The first-order valence-electron chi connectivity index (χ1n) is 12.6. The Morgan fingerprint density at radius 2 is 0.897 bits per heavy atom. The summed E-state index contributed by atoms with van der Waals surface area (Å²) < 4.78 is 0. The molecule has 7 heteroatoms. The number of aliphatic carboxylic acids is 2. The van der Waals surface area contributed by atoms with Gasteiger partial charge in [-0.1, -0.05) is 84.2 Å². The van der Waals surface area contributed by atoms with Gasteiger partial charge in [-0.15, -0.1) is 0 Å². The molecule has 0 N–H and O–H groups in total. The van der Waals surface area contributed by atoms with E-state index in [9.17, 15) is 19.8 Å². The summed E-state index contributed by atoms with van der Waals surface area (Å²) in [6, 6.07) is 28.7. The predicted molar refractivity (Wildman–Crippen MR) is 152 cm³/mol. The minimum atomic E-state index is -1.02. The molecule has 0 atom stereocenters. The normalized spacial score (nSPS) is 12.9. The van der Waals surface area contributed by atoms with Crippen LogP contribution in [0.3, 0.4) is 0 Å². The molecule has 0 aromatic heterocycles. The molecule has 4 aromatic carbocycles. The monoisotopic (exact) mass is 562 g/mol. The zero-order chi connectivity index (χ0) is 26.5. The Bertz CT molecular complexity index is 1390. The molecule has 0 fully saturated rings. The van der Waals surface area contributed by atoms with Gasteiger partial charge < -0.3 is 19.8 Å². The third-order valence-electron chi connectivity index (χ3n) is 6.66. The fourth-order valence-electron chi connectivity index (χ4n) is 4.80. The van der Waals surface area contributed by atoms with Gasteiger partial charge in [0.1, 0.15) is 0 Å².